The molecule has 0 spiro atoms. The summed E-state index contributed by atoms with van der Waals surface area (Å²) in [6.45, 7) is 7.07. The van der Waals surface area contributed by atoms with Gasteiger partial charge in [-0.3, -0.25) is 24.6 Å². The highest BCUT2D eigenvalue weighted by molar-refractivity contribution is 6.05. The number of carbonyl (C=O) groups excluding carboxylic acids is 3. The van der Waals surface area contributed by atoms with Gasteiger partial charge in [0.15, 0.2) is 0 Å². The van der Waals surface area contributed by atoms with Crippen LogP contribution in [-0.2, 0) is 22.7 Å². The van der Waals surface area contributed by atoms with Crippen LogP contribution in [0.2, 0.25) is 0 Å². The zero-order valence-corrected chi connectivity index (χ0v) is 16.9. The van der Waals surface area contributed by atoms with E-state index in [1.807, 2.05) is 32.0 Å². The molecule has 0 aromatic heterocycles. The predicted octanol–water partition coefficient (Wildman–Crippen LogP) is -0.00770. The molecule has 3 amide bonds. The number of hydrogen-bond acceptors (Lipinski definition) is 6. The van der Waals surface area contributed by atoms with Gasteiger partial charge < -0.3 is 15.3 Å². The maximum atomic E-state index is 12.8. The molecule has 0 bridgehead atoms. The van der Waals surface area contributed by atoms with Crippen LogP contribution in [0.3, 0.4) is 0 Å². The van der Waals surface area contributed by atoms with Gasteiger partial charge in [0.25, 0.3) is 5.91 Å². The summed E-state index contributed by atoms with van der Waals surface area (Å²) in [7, 11) is 0. The molecular formula is C21H28N4O4. The third kappa shape index (κ3) is 4.19. The first-order valence-electron chi connectivity index (χ1n) is 10.1. The molecule has 1 aromatic carbocycles. The Morgan fingerprint density at radius 3 is 2.62 bits per heavy atom. The summed E-state index contributed by atoms with van der Waals surface area (Å²) >= 11 is 0. The van der Waals surface area contributed by atoms with Crippen molar-refractivity contribution in [1.29, 1.82) is 0 Å². The molecule has 1 unspecified atom stereocenters. The van der Waals surface area contributed by atoms with E-state index in [2.05, 4.69) is 15.5 Å². The van der Waals surface area contributed by atoms with E-state index < -0.39 is 17.6 Å². The van der Waals surface area contributed by atoms with E-state index in [1.165, 1.54) is 0 Å². The van der Waals surface area contributed by atoms with E-state index in [1.54, 1.807) is 4.90 Å². The Morgan fingerprint density at radius 2 is 2.00 bits per heavy atom. The second-order valence-electron chi connectivity index (χ2n) is 8.92. The molecule has 8 nitrogen and oxygen atoms in total. The minimum atomic E-state index is -0.787. The van der Waals surface area contributed by atoms with E-state index in [0.29, 0.717) is 37.7 Å². The van der Waals surface area contributed by atoms with Crippen molar-refractivity contribution in [2.75, 3.05) is 19.6 Å². The third-order valence-corrected chi connectivity index (χ3v) is 5.84. The Morgan fingerprint density at radius 1 is 1.24 bits per heavy atom. The first kappa shape index (κ1) is 20.0. The minimum absolute atomic E-state index is 0.155. The molecule has 3 aliphatic heterocycles. The molecule has 29 heavy (non-hydrogen) atoms. The lowest BCUT2D eigenvalue weighted by Crippen LogP contribution is -2.59. The Labute approximate surface area is 170 Å². The maximum absolute atomic E-state index is 12.8. The highest BCUT2D eigenvalue weighted by atomic mass is 16.3. The van der Waals surface area contributed by atoms with Crippen LogP contribution in [0.5, 0.6) is 0 Å². The predicted molar refractivity (Wildman–Crippen MR) is 106 cm³/mol. The lowest BCUT2D eigenvalue weighted by Gasteiger charge is -2.41. The van der Waals surface area contributed by atoms with Gasteiger partial charge in [-0.25, -0.2) is 0 Å². The number of imide groups is 1. The smallest absolute Gasteiger partial charge is 0.255 e. The summed E-state index contributed by atoms with van der Waals surface area (Å²) in [5.41, 5.74) is 1.83. The number of hydrogen-bond donors (Lipinski definition) is 3. The zero-order chi connectivity index (χ0) is 20.8. The van der Waals surface area contributed by atoms with E-state index in [-0.39, 0.29) is 18.2 Å². The summed E-state index contributed by atoms with van der Waals surface area (Å²) in [6, 6.07) is 5.61. The zero-order valence-electron chi connectivity index (χ0n) is 16.9. The molecule has 0 saturated carbocycles. The van der Waals surface area contributed by atoms with E-state index >= 15 is 0 Å². The molecule has 3 aliphatic rings. The molecule has 1 aromatic rings. The van der Waals surface area contributed by atoms with Crippen molar-refractivity contribution >= 4 is 17.7 Å². The van der Waals surface area contributed by atoms with Gasteiger partial charge in [0.1, 0.15) is 6.04 Å². The van der Waals surface area contributed by atoms with Crippen LogP contribution in [0.15, 0.2) is 18.2 Å². The quantitative estimate of drug-likeness (QED) is 0.581. The second-order valence-corrected chi connectivity index (χ2v) is 8.92. The van der Waals surface area contributed by atoms with Crippen LogP contribution in [0.25, 0.3) is 0 Å². The van der Waals surface area contributed by atoms with Crippen molar-refractivity contribution in [3.63, 3.8) is 0 Å². The van der Waals surface area contributed by atoms with Crippen molar-refractivity contribution in [3.8, 4) is 0 Å². The fourth-order valence-corrected chi connectivity index (χ4v) is 4.30. The third-order valence-electron chi connectivity index (χ3n) is 5.84. The van der Waals surface area contributed by atoms with Crippen LogP contribution < -0.4 is 10.6 Å². The van der Waals surface area contributed by atoms with Crippen LogP contribution in [0.1, 0.15) is 48.2 Å². The molecule has 3 N–H and O–H groups in total. The van der Waals surface area contributed by atoms with Crippen molar-refractivity contribution in [2.24, 2.45) is 0 Å². The number of fused-ring (bicyclic) bond motifs is 1. The SMILES string of the molecule is CC(C)(O)CN(Cc1ccc2c(c1)CN(C1CCC(=O)NC1=O)C2=O)C1CNC1. The Balaban J connectivity index is 1.49. The lowest BCUT2D eigenvalue weighted by molar-refractivity contribution is -0.136. The van der Waals surface area contributed by atoms with Gasteiger partial charge in [-0.2, -0.15) is 0 Å². The second kappa shape index (κ2) is 7.51. The van der Waals surface area contributed by atoms with Crippen LogP contribution in [0.4, 0.5) is 0 Å². The van der Waals surface area contributed by atoms with Crippen molar-refractivity contribution < 1.29 is 19.5 Å². The first-order chi connectivity index (χ1) is 13.7. The topological polar surface area (TPSA) is 102 Å². The number of piperidine rings is 1. The summed E-state index contributed by atoms with van der Waals surface area (Å²) in [4.78, 5) is 40.2. The van der Waals surface area contributed by atoms with E-state index in [0.717, 1.165) is 24.2 Å². The largest absolute Gasteiger partial charge is 0.389 e. The average molecular weight is 400 g/mol. The van der Waals surface area contributed by atoms with Gasteiger partial charge in [-0.15, -0.1) is 0 Å². The molecule has 2 saturated heterocycles. The molecule has 3 heterocycles. The number of nitrogens with one attached hydrogen (secondary N) is 2. The van der Waals surface area contributed by atoms with Crippen LogP contribution in [-0.4, -0.2) is 69.9 Å². The molecule has 2 fully saturated rings. The number of rotatable bonds is 6. The van der Waals surface area contributed by atoms with Gasteiger partial charge in [0.2, 0.25) is 11.8 Å². The monoisotopic (exact) mass is 400 g/mol. The molecule has 4 rings (SSSR count). The standard InChI is InChI=1S/C21H28N4O4/c1-21(2,29)12-24(15-8-22-9-15)10-13-3-4-16-14(7-13)11-25(20(16)28)17-5-6-18(26)23-19(17)27/h3-4,7,15,17,22,29H,5-6,8-12H2,1-2H3,(H,23,26,27). The lowest BCUT2D eigenvalue weighted by atomic mass is 10.0. The molecule has 156 valence electrons. The van der Waals surface area contributed by atoms with Gasteiger partial charge in [0, 0.05) is 50.7 Å². The van der Waals surface area contributed by atoms with Crippen molar-refractivity contribution in [1.82, 2.24) is 20.4 Å². The van der Waals surface area contributed by atoms with Crippen molar-refractivity contribution in [2.45, 2.75) is 57.5 Å². The van der Waals surface area contributed by atoms with E-state index in [9.17, 15) is 19.5 Å². The Hall–Kier alpha value is -2.29. The number of nitrogens with zero attached hydrogens (tertiary/aromatic N) is 2. The van der Waals surface area contributed by atoms with Crippen LogP contribution in [0, 0.1) is 0 Å². The summed E-state index contributed by atoms with van der Waals surface area (Å²) < 4.78 is 0. The van der Waals surface area contributed by atoms with Gasteiger partial charge in [-0.05, 0) is 37.5 Å². The summed E-state index contributed by atoms with van der Waals surface area (Å²) in [5.74, 6) is -0.830. The van der Waals surface area contributed by atoms with Gasteiger partial charge in [-0.1, -0.05) is 12.1 Å². The number of aliphatic hydroxyl groups is 1. The molecule has 8 heteroatoms. The summed E-state index contributed by atoms with van der Waals surface area (Å²) in [6.07, 6.45) is 0.619. The highest BCUT2D eigenvalue weighted by Crippen LogP contribution is 2.29. The average Bonchev–Trinajstić information content (AvgIpc) is 2.88. The maximum Gasteiger partial charge on any atom is 0.255 e. The fraction of sp³-hybridized carbons (Fsp3) is 0.571. The number of benzene rings is 1. The van der Waals surface area contributed by atoms with Gasteiger partial charge in [0.05, 0.1) is 5.60 Å². The molecular weight excluding hydrogens is 372 g/mol. The summed E-state index contributed by atoms with van der Waals surface area (Å²) in [5, 5.41) is 15.9. The first-order valence-corrected chi connectivity index (χ1v) is 10.1. The number of carbonyl (C=O) groups is 3. The van der Waals surface area contributed by atoms with Crippen molar-refractivity contribution in [3.05, 3.63) is 34.9 Å². The van der Waals surface area contributed by atoms with Gasteiger partial charge >= 0.3 is 0 Å². The van der Waals surface area contributed by atoms with E-state index in [4.69, 9.17) is 0 Å². The Kier molecular flexibility index (Phi) is 5.18. The fourth-order valence-electron chi connectivity index (χ4n) is 4.30. The number of amides is 3. The molecule has 0 aliphatic carbocycles. The normalized spacial score (nSPS) is 22.7. The van der Waals surface area contributed by atoms with Crippen LogP contribution >= 0.6 is 0 Å². The highest BCUT2D eigenvalue weighted by Gasteiger charge is 2.39. The molecule has 0 radical (unpaired) electrons. The molecule has 1 atom stereocenters. The Bertz CT molecular complexity index is 844. The minimum Gasteiger partial charge on any atom is -0.389 e.